The maximum absolute atomic E-state index is 9.87. The molecule has 0 aliphatic carbocycles. The average molecular weight is 251 g/mol. The van der Waals surface area contributed by atoms with Gasteiger partial charge in [-0.3, -0.25) is 0 Å². The largest absolute Gasteiger partial charge is 0.391 e. The maximum atomic E-state index is 9.87. The molecule has 0 spiro atoms. The van der Waals surface area contributed by atoms with Crippen molar-refractivity contribution in [2.75, 3.05) is 37.8 Å². The Labute approximate surface area is 107 Å². The van der Waals surface area contributed by atoms with Gasteiger partial charge in [0.2, 0.25) is 5.95 Å². The van der Waals surface area contributed by atoms with Crippen molar-refractivity contribution in [2.24, 2.45) is 0 Å². The third-order valence-electron chi connectivity index (χ3n) is 3.20. The van der Waals surface area contributed by atoms with E-state index < -0.39 is 0 Å². The fourth-order valence-electron chi connectivity index (χ4n) is 2.48. The molecule has 1 aromatic rings. The molecule has 0 bridgehead atoms. The van der Waals surface area contributed by atoms with Gasteiger partial charge in [0.25, 0.3) is 0 Å². The molecule has 2 atom stereocenters. The zero-order chi connectivity index (χ0) is 13.3. The summed E-state index contributed by atoms with van der Waals surface area (Å²) in [6.45, 7) is 3.46. The number of aryl methyl sites for hydroxylation is 1. The Morgan fingerprint density at radius 2 is 2.28 bits per heavy atom. The minimum atomic E-state index is -0.300. The summed E-state index contributed by atoms with van der Waals surface area (Å²) >= 11 is 0. The van der Waals surface area contributed by atoms with Crippen LogP contribution in [0.25, 0.3) is 0 Å². The van der Waals surface area contributed by atoms with Crippen LogP contribution in [0.3, 0.4) is 0 Å². The number of aliphatic hydroxyl groups is 1. The molecule has 0 radical (unpaired) electrons. The average Bonchev–Trinajstić information content (AvgIpc) is 2.62. The highest BCUT2D eigenvalue weighted by atomic mass is 16.3. The molecular weight excluding hydrogens is 230 g/mol. The lowest BCUT2D eigenvalue weighted by Crippen LogP contribution is -2.38. The first kappa shape index (κ1) is 13.0. The molecular formula is C12H21N5O. The normalized spacial score (nSPS) is 23.9. The molecule has 2 unspecified atom stereocenters. The Morgan fingerprint density at radius 3 is 2.94 bits per heavy atom. The molecule has 1 fully saturated rings. The van der Waals surface area contributed by atoms with Gasteiger partial charge in [-0.05, 0) is 27.4 Å². The van der Waals surface area contributed by atoms with Crippen molar-refractivity contribution < 1.29 is 5.11 Å². The van der Waals surface area contributed by atoms with Gasteiger partial charge in [-0.2, -0.15) is 4.98 Å². The van der Waals surface area contributed by atoms with Crippen LogP contribution in [0.1, 0.15) is 12.0 Å². The minimum absolute atomic E-state index is 0.267. The number of β-amino-alcohol motifs (C(OH)–C–C–N with tert-alkyl or cyclic N) is 1. The third kappa shape index (κ3) is 2.70. The summed E-state index contributed by atoms with van der Waals surface area (Å²) < 4.78 is 0. The third-order valence-corrected chi connectivity index (χ3v) is 3.20. The van der Waals surface area contributed by atoms with Gasteiger partial charge in [0.05, 0.1) is 6.10 Å². The van der Waals surface area contributed by atoms with Crippen molar-refractivity contribution >= 4 is 11.8 Å². The molecule has 100 valence electrons. The topological polar surface area (TPSA) is 78.5 Å². The predicted molar refractivity (Wildman–Crippen MR) is 71.5 cm³/mol. The van der Waals surface area contributed by atoms with E-state index in [1.165, 1.54) is 0 Å². The van der Waals surface area contributed by atoms with E-state index in [4.69, 9.17) is 5.73 Å². The molecule has 2 heterocycles. The lowest BCUT2D eigenvalue weighted by Gasteiger charge is -2.28. The van der Waals surface area contributed by atoms with Crippen LogP contribution in [0.4, 0.5) is 11.8 Å². The van der Waals surface area contributed by atoms with Crippen molar-refractivity contribution in [2.45, 2.75) is 25.5 Å². The zero-order valence-electron chi connectivity index (χ0n) is 11.2. The number of hydrogen-bond donors (Lipinski definition) is 2. The van der Waals surface area contributed by atoms with Crippen LogP contribution in [-0.2, 0) is 0 Å². The Hall–Kier alpha value is -1.40. The highest BCUT2D eigenvalue weighted by Gasteiger charge is 2.32. The summed E-state index contributed by atoms with van der Waals surface area (Å²) in [7, 11) is 4.06. The standard InChI is InChI=1S/C12H21N5O/c1-8-5-14-12(13)15-11(8)17-7-10(18)4-9(17)6-16(2)3/h5,9-10,18H,4,6-7H2,1-3H3,(H2,13,14,15). The lowest BCUT2D eigenvalue weighted by atomic mass is 10.2. The molecule has 18 heavy (non-hydrogen) atoms. The van der Waals surface area contributed by atoms with Gasteiger partial charge in [-0.1, -0.05) is 0 Å². The van der Waals surface area contributed by atoms with E-state index in [1.807, 2.05) is 21.0 Å². The van der Waals surface area contributed by atoms with Crippen LogP contribution in [0.15, 0.2) is 6.20 Å². The molecule has 0 saturated carbocycles. The second kappa shape index (κ2) is 5.07. The number of aliphatic hydroxyl groups excluding tert-OH is 1. The van der Waals surface area contributed by atoms with E-state index >= 15 is 0 Å². The monoisotopic (exact) mass is 251 g/mol. The second-order valence-corrected chi connectivity index (χ2v) is 5.19. The van der Waals surface area contributed by atoms with Crippen LogP contribution in [-0.4, -0.2) is 59.3 Å². The zero-order valence-corrected chi connectivity index (χ0v) is 11.2. The van der Waals surface area contributed by atoms with E-state index in [1.54, 1.807) is 6.20 Å². The van der Waals surface area contributed by atoms with Gasteiger partial charge in [0.1, 0.15) is 5.82 Å². The smallest absolute Gasteiger partial charge is 0.221 e. The van der Waals surface area contributed by atoms with Gasteiger partial charge in [0, 0.05) is 30.9 Å². The fraction of sp³-hybridized carbons (Fsp3) is 0.667. The molecule has 2 rings (SSSR count). The first-order valence-electron chi connectivity index (χ1n) is 6.16. The first-order valence-corrected chi connectivity index (χ1v) is 6.16. The molecule has 0 aromatic carbocycles. The number of likely N-dealkylation sites (N-methyl/N-ethyl adjacent to an activating group) is 1. The molecule has 1 aliphatic rings. The molecule has 6 nitrogen and oxygen atoms in total. The molecule has 6 heteroatoms. The lowest BCUT2D eigenvalue weighted by molar-refractivity contribution is 0.191. The number of hydrogen-bond acceptors (Lipinski definition) is 6. The summed E-state index contributed by atoms with van der Waals surface area (Å²) in [5.41, 5.74) is 6.64. The van der Waals surface area contributed by atoms with Crippen LogP contribution in [0.2, 0.25) is 0 Å². The van der Waals surface area contributed by atoms with Gasteiger partial charge in [-0.25, -0.2) is 4.98 Å². The summed E-state index contributed by atoms with van der Waals surface area (Å²) in [5, 5.41) is 9.87. The highest BCUT2D eigenvalue weighted by molar-refractivity contribution is 5.50. The van der Waals surface area contributed by atoms with Crippen molar-refractivity contribution in [1.82, 2.24) is 14.9 Å². The number of aromatic nitrogens is 2. The summed E-state index contributed by atoms with van der Waals surface area (Å²) in [4.78, 5) is 12.6. The van der Waals surface area contributed by atoms with Crippen molar-refractivity contribution in [3.8, 4) is 0 Å². The molecule has 1 aliphatic heterocycles. The molecule has 0 amide bonds. The Balaban J connectivity index is 2.26. The van der Waals surface area contributed by atoms with Crippen LogP contribution >= 0.6 is 0 Å². The van der Waals surface area contributed by atoms with Gasteiger partial charge >= 0.3 is 0 Å². The van der Waals surface area contributed by atoms with Gasteiger partial charge in [-0.15, -0.1) is 0 Å². The number of nitrogens with zero attached hydrogens (tertiary/aromatic N) is 4. The summed E-state index contributed by atoms with van der Waals surface area (Å²) in [6, 6.07) is 0.267. The van der Waals surface area contributed by atoms with Crippen molar-refractivity contribution in [1.29, 1.82) is 0 Å². The van der Waals surface area contributed by atoms with Gasteiger partial charge < -0.3 is 20.6 Å². The van der Waals surface area contributed by atoms with Crippen molar-refractivity contribution in [3.63, 3.8) is 0 Å². The van der Waals surface area contributed by atoms with E-state index in [9.17, 15) is 5.11 Å². The number of nitrogen functional groups attached to an aromatic ring is 1. The van der Waals surface area contributed by atoms with E-state index in [2.05, 4.69) is 19.8 Å². The fourth-order valence-corrected chi connectivity index (χ4v) is 2.48. The van der Waals surface area contributed by atoms with Crippen molar-refractivity contribution in [3.05, 3.63) is 11.8 Å². The molecule has 1 saturated heterocycles. The van der Waals surface area contributed by atoms with E-state index in [0.29, 0.717) is 6.54 Å². The minimum Gasteiger partial charge on any atom is -0.391 e. The molecule has 3 N–H and O–H groups in total. The number of anilines is 2. The Bertz CT molecular complexity index is 423. The van der Waals surface area contributed by atoms with E-state index in [0.717, 1.165) is 24.3 Å². The Morgan fingerprint density at radius 1 is 1.56 bits per heavy atom. The predicted octanol–water partition coefficient (Wildman–Crippen LogP) is -0.132. The number of rotatable bonds is 3. The molecule has 1 aromatic heterocycles. The van der Waals surface area contributed by atoms with Gasteiger partial charge in [0.15, 0.2) is 0 Å². The SMILES string of the molecule is Cc1cnc(N)nc1N1CC(O)CC1CN(C)C. The second-order valence-electron chi connectivity index (χ2n) is 5.19. The Kier molecular flexibility index (Phi) is 3.68. The first-order chi connectivity index (χ1) is 8.47. The van der Waals surface area contributed by atoms with E-state index in [-0.39, 0.29) is 18.1 Å². The van der Waals surface area contributed by atoms with Crippen LogP contribution in [0, 0.1) is 6.92 Å². The summed E-state index contributed by atoms with van der Waals surface area (Å²) in [5.74, 6) is 1.12. The quantitative estimate of drug-likeness (QED) is 0.779. The van der Waals surface area contributed by atoms with Crippen LogP contribution in [0.5, 0.6) is 0 Å². The maximum Gasteiger partial charge on any atom is 0.221 e. The summed E-state index contributed by atoms with van der Waals surface area (Å²) in [6.07, 6.45) is 2.20. The number of nitrogens with two attached hydrogens (primary N) is 1. The highest BCUT2D eigenvalue weighted by Crippen LogP contribution is 2.27. The van der Waals surface area contributed by atoms with Crippen LogP contribution < -0.4 is 10.6 Å².